The number of allylic oxidation sites excluding steroid dienone is 4. The van der Waals surface area contributed by atoms with Gasteiger partial charge >= 0.3 is 0 Å². The quantitative estimate of drug-likeness (QED) is 0.0313. The van der Waals surface area contributed by atoms with Crippen molar-refractivity contribution in [1.82, 2.24) is 5.32 Å². The van der Waals surface area contributed by atoms with Crippen LogP contribution in [0.2, 0.25) is 0 Å². The fourth-order valence-corrected chi connectivity index (χ4v) is 9.22. The van der Waals surface area contributed by atoms with Crippen molar-refractivity contribution < 1.29 is 89.4 Å². The molecule has 0 aromatic carbocycles. The number of rotatable bonds is 38. The molecule has 19 heteroatoms. The van der Waals surface area contributed by atoms with Crippen LogP contribution < -0.4 is 5.32 Å². The molecule has 416 valence electrons. The summed E-state index contributed by atoms with van der Waals surface area (Å²) in [5.74, 6) is -0.258. The molecule has 71 heavy (non-hydrogen) atoms. The van der Waals surface area contributed by atoms with Gasteiger partial charge in [0.1, 0.15) is 73.2 Å². The van der Waals surface area contributed by atoms with Crippen molar-refractivity contribution in [1.29, 1.82) is 0 Å². The summed E-state index contributed by atoms with van der Waals surface area (Å²) in [6, 6.07) is -0.881. The summed E-state index contributed by atoms with van der Waals surface area (Å²) in [4.78, 5) is 13.1. The van der Waals surface area contributed by atoms with Crippen LogP contribution in [0.5, 0.6) is 0 Å². The summed E-state index contributed by atoms with van der Waals surface area (Å²) in [7, 11) is 0. The van der Waals surface area contributed by atoms with E-state index in [1.54, 1.807) is 0 Å². The number of aliphatic hydroxyl groups excluding tert-OH is 11. The largest absolute Gasteiger partial charge is 0.394 e. The smallest absolute Gasteiger partial charge is 0.220 e. The number of carbonyl (C=O) groups is 1. The minimum absolute atomic E-state index is 0.258. The Morgan fingerprint density at radius 3 is 1.44 bits per heavy atom. The average molecular weight is 1020 g/mol. The van der Waals surface area contributed by atoms with Crippen LogP contribution >= 0.6 is 0 Å². The Bertz CT molecular complexity index is 1410. The highest BCUT2D eigenvalue weighted by Gasteiger charge is 2.53. The number of amides is 1. The number of unbranched alkanes of at least 4 members (excludes halogenated alkanes) is 18. The van der Waals surface area contributed by atoms with Gasteiger partial charge in [0, 0.05) is 6.42 Å². The van der Waals surface area contributed by atoms with E-state index in [0.29, 0.717) is 19.3 Å². The second kappa shape index (κ2) is 37.1. The van der Waals surface area contributed by atoms with Crippen LogP contribution in [0.1, 0.15) is 168 Å². The van der Waals surface area contributed by atoms with Gasteiger partial charge in [0.05, 0.1) is 38.6 Å². The van der Waals surface area contributed by atoms with Crippen LogP contribution in [0.15, 0.2) is 24.3 Å². The number of nitrogens with one attached hydrogen (secondary N) is 1. The third-order valence-corrected chi connectivity index (χ3v) is 13.8. The predicted molar refractivity (Wildman–Crippen MR) is 263 cm³/mol. The molecule has 0 spiro atoms. The van der Waals surface area contributed by atoms with E-state index < -0.39 is 124 Å². The Hall–Kier alpha value is -1.73. The van der Waals surface area contributed by atoms with E-state index in [1.807, 2.05) is 6.92 Å². The molecular weight excluding hydrogens is 927 g/mol. The van der Waals surface area contributed by atoms with Crippen molar-refractivity contribution in [3.8, 4) is 0 Å². The Balaban J connectivity index is 1.38. The van der Waals surface area contributed by atoms with Gasteiger partial charge < -0.3 is 89.9 Å². The summed E-state index contributed by atoms with van der Waals surface area (Å²) in [5, 5.41) is 119. The highest BCUT2D eigenvalue weighted by Crippen LogP contribution is 2.33. The van der Waals surface area contributed by atoms with Crippen molar-refractivity contribution in [2.45, 2.75) is 272 Å². The van der Waals surface area contributed by atoms with Crippen LogP contribution in [0.4, 0.5) is 0 Å². The lowest BCUT2D eigenvalue weighted by Crippen LogP contribution is -2.66. The molecule has 0 aromatic rings. The van der Waals surface area contributed by atoms with Crippen LogP contribution in [-0.4, -0.2) is 193 Å². The number of ether oxygens (including phenoxy) is 6. The zero-order valence-electron chi connectivity index (χ0n) is 42.7. The number of carbonyl (C=O) groups excluding carboxylic acids is 1. The highest BCUT2D eigenvalue weighted by atomic mass is 16.8. The normalized spacial score (nSPS) is 32.4. The summed E-state index contributed by atoms with van der Waals surface area (Å²) in [5.41, 5.74) is 0. The second-order valence-electron chi connectivity index (χ2n) is 19.7. The first-order valence-corrected chi connectivity index (χ1v) is 27.1. The SMILES string of the molecule is CCCCCCC/C=C\C/C=C\CCCCCCCCCCCCCC(=O)NC(COC1OC(CO)C(OC2OC(CO)C(OC3OC(CO)C(O)C(O)C3O)C(O)C2O)C(O)C1O)C(O)CCCCC. The lowest BCUT2D eigenvalue weighted by molar-refractivity contribution is -0.379. The molecule has 3 rings (SSSR count). The van der Waals surface area contributed by atoms with Crippen LogP contribution in [0, 0.1) is 0 Å². The van der Waals surface area contributed by atoms with Crippen LogP contribution in [-0.2, 0) is 33.2 Å². The maximum Gasteiger partial charge on any atom is 0.220 e. The van der Waals surface area contributed by atoms with Gasteiger partial charge in [-0.3, -0.25) is 4.79 Å². The fourth-order valence-electron chi connectivity index (χ4n) is 9.22. The highest BCUT2D eigenvalue weighted by molar-refractivity contribution is 5.76. The average Bonchev–Trinajstić information content (AvgIpc) is 3.36. The molecule has 3 heterocycles. The van der Waals surface area contributed by atoms with Gasteiger partial charge in [-0.25, -0.2) is 0 Å². The van der Waals surface area contributed by atoms with E-state index in [4.69, 9.17) is 28.4 Å². The molecule has 0 aliphatic carbocycles. The molecule has 0 radical (unpaired) electrons. The minimum atomic E-state index is -1.97. The third kappa shape index (κ3) is 22.6. The lowest BCUT2D eigenvalue weighted by Gasteiger charge is -2.48. The van der Waals surface area contributed by atoms with E-state index in [0.717, 1.165) is 44.9 Å². The number of hydrogen-bond donors (Lipinski definition) is 12. The minimum Gasteiger partial charge on any atom is -0.394 e. The summed E-state index contributed by atoms with van der Waals surface area (Å²) in [6.45, 7) is 1.57. The summed E-state index contributed by atoms with van der Waals surface area (Å²) >= 11 is 0. The molecule has 3 aliphatic rings. The van der Waals surface area contributed by atoms with Crippen molar-refractivity contribution in [2.24, 2.45) is 0 Å². The maximum atomic E-state index is 13.1. The monoisotopic (exact) mass is 1020 g/mol. The van der Waals surface area contributed by atoms with Gasteiger partial charge in [-0.05, 0) is 44.9 Å². The van der Waals surface area contributed by atoms with Crippen LogP contribution in [0.25, 0.3) is 0 Å². The molecule has 17 unspecified atom stereocenters. The van der Waals surface area contributed by atoms with Crippen molar-refractivity contribution >= 4 is 5.91 Å². The van der Waals surface area contributed by atoms with Crippen molar-refractivity contribution in [3.05, 3.63) is 24.3 Å². The Kier molecular flexibility index (Phi) is 33.2. The van der Waals surface area contributed by atoms with Crippen LogP contribution in [0.3, 0.4) is 0 Å². The Labute approximate surface area is 422 Å². The Morgan fingerprint density at radius 2 is 0.930 bits per heavy atom. The molecule has 3 aliphatic heterocycles. The molecule has 19 nitrogen and oxygen atoms in total. The molecule has 0 aromatic heterocycles. The molecule has 0 saturated carbocycles. The lowest BCUT2D eigenvalue weighted by atomic mass is 9.96. The number of hydrogen-bond acceptors (Lipinski definition) is 18. The van der Waals surface area contributed by atoms with Gasteiger partial charge in [-0.15, -0.1) is 0 Å². The van der Waals surface area contributed by atoms with Gasteiger partial charge in [-0.1, -0.05) is 141 Å². The zero-order chi connectivity index (χ0) is 52.0. The standard InChI is InChI=1S/C52H95NO18/c1-3-5-7-8-9-10-11-12-13-14-15-16-17-18-19-20-21-22-23-24-25-26-28-30-40(58)53-35(36(57)29-27-6-4-2)34-66-50-46(64)43(61)48(38(32-55)68-50)71-52-47(65)44(62)49(39(33-56)69-52)70-51-45(63)42(60)41(59)37(31-54)67-51/h11-12,14-15,35-39,41-52,54-57,59-65H,3-10,13,16-34H2,1-2H3,(H,53,58)/b12-11-,15-14-. The van der Waals surface area contributed by atoms with E-state index in [2.05, 4.69) is 36.5 Å². The molecule has 3 saturated heterocycles. The van der Waals surface area contributed by atoms with Crippen molar-refractivity contribution in [2.75, 3.05) is 26.4 Å². The zero-order valence-corrected chi connectivity index (χ0v) is 42.7. The summed E-state index contributed by atoms with van der Waals surface area (Å²) < 4.78 is 34.0. The molecule has 17 atom stereocenters. The van der Waals surface area contributed by atoms with Gasteiger partial charge in [0.2, 0.25) is 5.91 Å². The Morgan fingerprint density at radius 1 is 0.507 bits per heavy atom. The van der Waals surface area contributed by atoms with Gasteiger partial charge in [0.25, 0.3) is 0 Å². The topological polar surface area (TPSA) is 307 Å². The van der Waals surface area contributed by atoms with E-state index in [9.17, 15) is 61.0 Å². The third-order valence-electron chi connectivity index (χ3n) is 13.8. The van der Waals surface area contributed by atoms with Gasteiger partial charge in [0.15, 0.2) is 18.9 Å². The fraction of sp³-hybridized carbons (Fsp3) is 0.904. The second-order valence-corrected chi connectivity index (χ2v) is 19.7. The van der Waals surface area contributed by atoms with E-state index in [-0.39, 0.29) is 18.9 Å². The van der Waals surface area contributed by atoms with E-state index in [1.165, 1.54) is 83.5 Å². The molecule has 3 fully saturated rings. The molecule has 12 N–H and O–H groups in total. The van der Waals surface area contributed by atoms with Crippen molar-refractivity contribution in [3.63, 3.8) is 0 Å². The molecule has 1 amide bonds. The predicted octanol–water partition coefficient (Wildman–Crippen LogP) is 2.81. The van der Waals surface area contributed by atoms with Gasteiger partial charge in [-0.2, -0.15) is 0 Å². The molecule has 0 bridgehead atoms. The first kappa shape index (κ1) is 63.6. The maximum absolute atomic E-state index is 13.1. The summed E-state index contributed by atoms with van der Waals surface area (Å²) in [6.07, 6.45) is 8.34. The number of aliphatic hydroxyl groups is 11. The first-order valence-electron chi connectivity index (χ1n) is 27.1. The molecular formula is C52H95NO18. The van der Waals surface area contributed by atoms with E-state index >= 15 is 0 Å². The first-order chi connectivity index (χ1) is 34.3.